The van der Waals surface area contributed by atoms with Crippen molar-refractivity contribution < 1.29 is 31.1 Å². The molecule has 1 aromatic carbocycles. The Kier molecular flexibility index (Phi) is 5.68. The zero-order chi connectivity index (χ0) is 24.5. The van der Waals surface area contributed by atoms with Crippen LogP contribution >= 0.6 is 0 Å². The number of hydrogen-bond acceptors (Lipinski definition) is 6. The van der Waals surface area contributed by atoms with E-state index >= 15 is 0 Å². The van der Waals surface area contributed by atoms with Crippen LogP contribution in [0.3, 0.4) is 0 Å². The number of anilines is 1. The first kappa shape index (κ1) is 22.8. The smallest absolute Gasteiger partial charge is 0.298 e. The van der Waals surface area contributed by atoms with Crippen LogP contribution in [0.4, 0.5) is 32.0 Å². The number of nitrogens with one attached hydrogen (secondary N) is 2. The van der Waals surface area contributed by atoms with E-state index in [1.807, 2.05) is 0 Å². The first-order chi connectivity index (χ1) is 16.0. The van der Waals surface area contributed by atoms with Crippen molar-refractivity contribution in [2.75, 3.05) is 5.43 Å². The molecule has 15 heteroatoms. The summed E-state index contributed by atoms with van der Waals surface area (Å²) in [4.78, 5) is 19.6. The normalized spacial score (nSPS) is 11.9. The van der Waals surface area contributed by atoms with Gasteiger partial charge in [-0.15, -0.1) is 0 Å². The molecular formula is C19H12F6N8O. The van der Waals surface area contributed by atoms with E-state index in [9.17, 15) is 31.1 Å². The van der Waals surface area contributed by atoms with Gasteiger partial charge in [-0.1, -0.05) is 0 Å². The number of hydrazine groups is 1. The summed E-state index contributed by atoms with van der Waals surface area (Å²) in [5.41, 5.74) is 2.81. The fourth-order valence-corrected chi connectivity index (χ4v) is 2.81. The number of benzene rings is 1. The minimum Gasteiger partial charge on any atom is -0.298 e. The second kappa shape index (κ2) is 8.49. The highest BCUT2D eigenvalue weighted by Gasteiger charge is 2.35. The van der Waals surface area contributed by atoms with Crippen molar-refractivity contribution >= 4 is 11.6 Å². The minimum atomic E-state index is -4.73. The molecule has 0 fully saturated rings. The van der Waals surface area contributed by atoms with Crippen molar-refractivity contribution in [2.24, 2.45) is 0 Å². The van der Waals surface area contributed by atoms with Gasteiger partial charge in [0, 0.05) is 24.8 Å². The number of halogens is 6. The van der Waals surface area contributed by atoms with Crippen LogP contribution in [0, 0.1) is 0 Å². The van der Waals surface area contributed by atoms with E-state index in [-0.39, 0.29) is 22.6 Å². The Labute approximate surface area is 186 Å². The van der Waals surface area contributed by atoms with E-state index in [4.69, 9.17) is 0 Å². The highest BCUT2D eigenvalue weighted by atomic mass is 19.4. The van der Waals surface area contributed by atoms with Crippen molar-refractivity contribution in [1.29, 1.82) is 0 Å². The fourth-order valence-electron chi connectivity index (χ4n) is 2.81. The van der Waals surface area contributed by atoms with Gasteiger partial charge in [-0.05, 0) is 30.3 Å². The lowest BCUT2D eigenvalue weighted by Gasteiger charge is -2.14. The van der Waals surface area contributed by atoms with Gasteiger partial charge in [0.05, 0.1) is 22.6 Å². The van der Waals surface area contributed by atoms with Crippen molar-refractivity contribution in [1.82, 2.24) is 35.0 Å². The average molecular weight is 482 g/mol. The first-order valence-corrected chi connectivity index (χ1v) is 9.24. The van der Waals surface area contributed by atoms with Crippen LogP contribution in [0.2, 0.25) is 0 Å². The van der Waals surface area contributed by atoms with Crippen LogP contribution < -0.4 is 10.9 Å². The van der Waals surface area contributed by atoms with Gasteiger partial charge in [-0.3, -0.25) is 15.6 Å². The molecular weight excluding hydrogens is 470 g/mol. The average Bonchev–Trinajstić information content (AvgIpc) is 3.48. The molecule has 3 heterocycles. The Morgan fingerprint density at radius 1 is 0.794 bits per heavy atom. The van der Waals surface area contributed by atoms with Crippen LogP contribution in [0.5, 0.6) is 0 Å². The third-order valence-corrected chi connectivity index (χ3v) is 4.37. The summed E-state index contributed by atoms with van der Waals surface area (Å²) >= 11 is 0. The van der Waals surface area contributed by atoms with E-state index in [1.54, 1.807) is 0 Å². The van der Waals surface area contributed by atoms with E-state index in [1.165, 1.54) is 36.9 Å². The zero-order valence-electron chi connectivity index (χ0n) is 16.6. The third kappa shape index (κ3) is 4.82. The van der Waals surface area contributed by atoms with Crippen LogP contribution in [0.15, 0.2) is 61.4 Å². The van der Waals surface area contributed by atoms with Gasteiger partial charge in [0.2, 0.25) is 0 Å². The molecule has 1 amide bonds. The number of amides is 1. The third-order valence-electron chi connectivity index (χ3n) is 4.37. The molecule has 0 aliphatic rings. The van der Waals surface area contributed by atoms with Crippen LogP contribution in [-0.4, -0.2) is 35.4 Å². The highest BCUT2D eigenvalue weighted by molar-refractivity contribution is 5.94. The summed E-state index contributed by atoms with van der Waals surface area (Å²) in [7, 11) is 0. The Morgan fingerprint density at radius 3 is 1.88 bits per heavy atom. The SMILES string of the molecule is O=C(NNc1ccc(-n2ccc(C(F)(F)F)n2)c(-n2ccc(C(F)(F)F)n2)c1)c1cncnc1. The maximum Gasteiger partial charge on any atom is 0.435 e. The molecule has 4 aromatic rings. The van der Waals surface area contributed by atoms with Gasteiger partial charge in [0.25, 0.3) is 5.91 Å². The maximum absolute atomic E-state index is 13.0. The molecule has 4 rings (SSSR count). The monoisotopic (exact) mass is 482 g/mol. The summed E-state index contributed by atoms with van der Waals surface area (Å²) in [6, 6.07) is 5.40. The second-order valence-electron chi connectivity index (χ2n) is 6.70. The molecule has 0 saturated heterocycles. The molecule has 0 saturated carbocycles. The molecule has 0 unspecified atom stereocenters. The topological polar surface area (TPSA) is 103 Å². The Morgan fingerprint density at radius 2 is 1.35 bits per heavy atom. The molecule has 9 nitrogen and oxygen atoms in total. The number of carbonyl (C=O) groups is 1. The van der Waals surface area contributed by atoms with E-state index in [0.29, 0.717) is 6.07 Å². The molecule has 0 radical (unpaired) electrons. The molecule has 34 heavy (non-hydrogen) atoms. The number of rotatable bonds is 5. The standard InChI is InChI=1S/C19H12F6N8O/c20-18(21,22)15-3-5-32(30-15)13-2-1-12(28-29-17(34)11-8-26-10-27-9-11)7-14(13)33-6-4-16(31-33)19(23,24)25/h1-10,28H,(H,29,34). The van der Waals surface area contributed by atoms with Crippen molar-refractivity contribution in [3.8, 4) is 11.4 Å². The molecule has 0 bridgehead atoms. The van der Waals surface area contributed by atoms with Gasteiger partial charge in [-0.2, -0.15) is 36.5 Å². The molecule has 0 spiro atoms. The van der Waals surface area contributed by atoms with Gasteiger partial charge >= 0.3 is 12.4 Å². The molecule has 0 aliphatic heterocycles. The van der Waals surface area contributed by atoms with Crippen LogP contribution in [0.1, 0.15) is 21.7 Å². The summed E-state index contributed by atoms with van der Waals surface area (Å²) < 4.78 is 79.7. The Bertz CT molecular complexity index is 1310. The number of aromatic nitrogens is 6. The second-order valence-corrected chi connectivity index (χ2v) is 6.70. The maximum atomic E-state index is 13.0. The summed E-state index contributed by atoms with van der Waals surface area (Å²) in [5.74, 6) is -0.605. The lowest BCUT2D eigenvalue weighted by atomic mass is 10.2. The van der Waals surface area contributed by atoms with Gasteiger partial charge in [-0.25, -0.2) is 19.3 Å². The number of carbonyl (C=O) groups excluding carboxylic acids is 1. The van der Waals surface area contributed by atoms with Crippen LogP contribution in [-0.2, 0) is 12.4 Å². The molecule has 3 aromatic heterocycles. The highest BCUT2D eigenvalue weighted by Crippen LogP contribution is 2.31. The number of hydrogen-bond donors (Lipinski definition) is 2. The van der Waals surface area contributed by atoms with Crippen molar-refractivity contribution in [3.63, 3.8) is 0 Å². The Hall–Kier alpha value is -4.43. The van der Waals surface area contributed by atoms with E-state index in [0.717, 1.165) is 27.8 Å². The lowest BCUT2D eigenvalue weighted by molar-refractivity contribution is -0.142. The largest absolute Gasteiger partial charge is 0.435 e. The fraction of sp³-hybridized carbons (Fsp3) is 0.105. The molecule has 0 atom stereocenters. The molecule has 0 aliphatic carbocycles. The van der Waals surface area contributed by atoms with Gasteiger partial charge in [0.1, 0.15) is 6.33 Å². The quantitative estimate of drug-likeness (QED) is 0.333. The number of alkyl halides is 6. The van der Waals surface area contributed by atoms with Crippen molar-refractivity contribution in [3.05, 3.63) is 78.4 Å². The van der Waals surface area contributed by atoms with E-state index in [2.05, 4.69) is 31.0 Å². The predicted molar refractivity (Wildman–Crippen MR) is 104 cm³/mol. The van der Waals surface area contributed by atoms with E-state index < -0.39 is 29.6 Å². The number of nitrogens with zero attached hydrogens (tertiary/aromatic N) is 6. The lowest BCUT2D eigenvalue weighted by Crippen LogP contribution is -2.29. The molecule has 176 valence electrons. The first-order valence-electron chi connectivity index (χ1n) is 9.24. The van der Waals surface area contributed by atoms with Gasteiger partial charge in [0.15, 0.2) is 11.4 Å². The zero-order valence-corrected chi connectivity index (χ0v) is 16.6. The van der Waals surface area contributed by atoms with Crippen molar-refractivity contribution in [2.45, 2.75) is 12.4 Å². The molecule has 2 N–H and O–H groups in total. The summed E-state index contributed by atoms with van der Waals surface area (Å²) in [5, 5.41) is 6.94. The predicted octanol–water partition coefficient (Wildman–Crippen LogP) is 3.64. The summed E-state index contributed by atoms with van der Waals surface area (Å²) in [6.07, 6.45) is -3.68. The van der Waals surface area contributed by atoms with Gasteiger partial charge < -0.3 is 0 Å². The Balaban J connectivity index is 1.69. The summed E-state index contributed by atoms with van der Waals surface area (Å²) in [6.45, 7) is 0. The minimum absolute atomic E-state index is 0.000611. The van der Waals surface area contributed by atoms with Crippen LogP contribution in [0.25, 0.3) is 11.4 Å².